The fraction of sp³-hybridized carbons (Fsp3) is 1.00. The van der Waals surface area contributed by atoms with Crippen LogP contribution in [-0.4, -0.2) is 29.0 Å². The molecular weight excluding hydrogens is 260 g/mol. The van der Waals surface area contributed by atoms with Gasteiger partial charge in [0.25, 0.3) is 0 Å². The highest BCUT2D eigenvalue weighted by atomic mass is 79.9. The largest absolute Gasteiger partial charge is 0.377 e. The fourth-order valence-corrected chi connectivity index (χ4v) is 4.80. The van der Waals surface area contributed by atoms with Gasteiger partial charge in [0.2, 0.25) is 0 Å². The Balaban J connectivity index is 1.75. The standard InChI is InChI=1S/C11H19BrOS/c1-9-10(3-6-13-9)14-8-11(7-12)4-2-5-11/h9-10H,2-8H2,1H3. The Labute approximate surface area is 99.5 Å². The van der Waals surface area contributed by atoms with Crippen molar-refractivity contribution in [3.63, 3.8) is 0 Å². The summed E-state index contributed by atoms with van der Waals surface area (Å²) in [6.07, 6.45) is 6.01. The predicted molar refractivity (Wildman–Crippen MR) is 66.4 cm³/mol. The molecular formula is C11H19BrOS. The van der Waals surface area contributed by atoms with E-state index in [0.717, 1.165) is 11.9 Å². The molecule has 3 heteroatoms. The second-order valence-corrected chi connectivity index (χ2v) is 6.49. The van der Waals surface area contributed by atoms with Crippen LogP contribution in [0.4, 0.5) is 0 Å². The molecule has 2 atom stereocenters. The summed E-state index contributed by atoms with van der Waals surface area (Å²) in [7, 11) is 0. The zero-order chi connectivity index (χ0) is 10.0. The van der Waals surface area contributed by atoms with Gasteiger partial charge in [0.15, 0.2) is 0 Å². The van der Waals surface area contributed by atoms with Gasteiger partial charge in [-0.2, -0.15) is 11.8 Å². The molecule has 0 bridgehead atoms. The summed E-state index contributed by atoms with van der Waals surface area (Å²) in [6, 6.07) is 0. The maximum absolute atomic E-state index is 5.58. The van der Waals surface area contributed by atoms with Gasteiger partial charge in [-0.25, -0.2) is 0 Å². The molecule has 1 saturated heterocycles. The van der Waals surface area contributed by atoms with Crippen molar-refractivity contribution in [1.29, 1.82) is 0 Å². The normalized spacial score (nSPS) is 35.6. The minimum Gasteiger partial charge on any atom is -0.377 e. The zero-order valence-electron chi connectivity index (χ0n) is 8.80. The molecule has 0 aromatic carbocycles. The molecule has 1 saturated carbocycles. The van der Waals surface area contributed by atoms with Crippen molar-refractivity contribution in [3.8, 4) is 0 Å². The molecule has 0 spiro atoms. The molecule has 0 N–H and O–H groups in total. The molecule has 0 radical (unpaired) electrons. The highest BCUT2D eigenvalue weighted by Gasteiger charge is 2.37. The third kappa shape index (κ3) is 2.30. The van der Waals surface area contributed by atoms with Gasteiger partial charge in [-0.3, -0.25) is 0 Å². The van der Waals surface area contributed by atoms with Crippen LogP contribution < -0.4 is 0 Å². The molecule has 1 aliphatic heterocycles. The Hall–Kier alpha value is 0.790. The molecule has 1 aliphatic carbocycles. The lowest BCUT2D eigenvalue weighted by atomic mass is 9.72. The SMILES string of the molecule is CC1OCCC1SCC1(CBr)CCC1. The van der Waals surface area contributed by atoms with Gasteiger partial charge in [-0.15, -0.1) is 0 Å². The summed E-state index contributed by atoms with van der Waals surface area (Å²) in [5.41, 5.74) is 0.632. The van der Waals surface area contributed by atoms with Crippen LogP contribution in [0.1, 0.15) is 32.6 Å². The van der Waals surface area contributed by atoms with Crippen molar-refractivity contribution >= 4 is 27.7 Å². The lowest BCUT2D eigenvalue weighted by Gasteiger charge is -2.41. The van der Waals surface area contributed by atoms with E-state index in [1.807, 2.05) is 0 Å². The topological polar surface area (TPSA) is 9.23 Å². The molecule has 2 fully saturated rings. The number of hydrogen-bond donors (Lipinski definition) is 0. The van der Waals surface area contributed by atoms with E-state index >= 15 is 0 Å². The van der Waals surface area contributed by atoms with E-state index < -0.39 is 0 Å². The Morgan fingerprint density at radius 2 is 2.29 bits per heavy atom. The third-order valence-corrected chi connectivity index (χ3v) is 6.62. The average Bonchev–Trinajstić information content (AvgIpc) is 2.51. The third-order valence-electron chi connectivity index (χ3n) is 3.61. The van der Waals surface area contributed by atoms with E-state index in [1.165, 1.54) is 36.8 Å². The number of ether oxygens (including phenoxy) is 1. The lowest BCUT2D eigenvalue weighted by Crippen LogP contribution is -2.34. The summed E-state index contributed by atoms with van der Waals surface area (Å²) in [4.78, 5) is 0. The summed E-state index contributed by atoms with van der Waals surface area (Å²) < 4.78 is 5.58. The number of halogens is 1. The first-order valence-electron chi connectivity index (χ1n) is 5.55. The Kier molecular flexibility index (Phi) is 3.83. The first-order chi connectivity index (χ1) is 6.76. The molecule has 2 rings (SSSR count). The molecule has 1 heterocycles. The van der Waals surface area contributed by atoms with E-state index in [9.17, 15) is 0 Å². The summed E-state index contributed by atoms with van der Waals surface area (Å²) in [5, 5.41) is 1.95. The minimum absolute atomic E-state index is 0.479. The van der Waals surface area contributed by atoms with Crippen molar-refractivity contribution in [2.24, 2.45) is 5.41 Å². The molecule has 14 heavy (non-hydrogen) atoms. The van der Waals surface area contributed by atoms with Crippen LogP contribution in [0.5, 0.6) is 0 Å². The Bertz CT molecular complexity index is 188. The molecule has 0 aromatic heterocycles. The van der Waals surface area contributed by atoms with E-state index in [-0.39, 0.29) is 0 Å². The van der Waals surface area contributed by atoms with Crippen molar-refractivity contribution < 1.29 is 4.74 Å². The predicted octanol–water partition coefficient (Wildman–Crippen LogP) is 3.46. The summed E-state index contributed by atoms with van der Waals surface area (Å²) in [6.45, 7) is 3.19. The van der Waals surface area contributed by atoms with Crippen LogP contribution in [0.3, 0.4) is 0 Å². The fourth-order valence-electron chi connectivity index (χ4n) is 2.21. The van der Waals surface area contributed by atoms with Gasteiger partial charge in [0, 0.05) is 22.9 Å². The van der Waals surface area contributed by atoms with Crippen molar-refractivity contribution in [3.05, 3.63) is 0 Å². The lowest BCUT2D eigenvalue weighted by molar-refractivity contribution is 0.127. The van der Waals surface area contributed by atoms with Crippen LogP contribution in [0.15, 0.2) is 0 Å². The second-order valence-electron chi connectivity index (χ2n) is 4.70. The number of alkyl halides is 1. The average molecular weight is 279 g/mol. The van der Waals surface area contributed by atoms with E-state index in [0.29, 0.717) is 11.5 Å². The van der Waals surface area contributed by atoms with Gasteiger partial charge in [0.1, 0.15) is 0 Å². The van der Waals surface area contributed by atoms with Crippen LogP contribution in [-0.2, 0) is 4.74 Å². The summed E-state index contributed by atoms with van der Waals surface area (Å²) >= 11 is 5.81. The molecule has 0 amide bonds. The Morgan fingerprint density at radius 3 is 2.71 bits per heavy atom. The van der Waals surface area contributed by atoms with Gasteiger partial charge < -0.3 is 4.74 Å². The van der Waals surface area contributed by atoms with Gasteiger partial charge in [-0.1, -0.05) is 22.4 Å². The van der Waals surface area contributed by atoms with E-state index in [4.69, 9.17) is 4.74 Å². The smallest absolute Gasteiger partial charge is 0.0666 e. The molecule has 2 unspecified atom stereocenters. The molecule has 1 nitrogen and oxygen atoms in total. The van der Waals surface area contributed by atoms with Gasteiger partial charge in [-0.05, 0) is 31.6 Å². The molecule has 2 aliphatic rings. The van der Waals surface area contributed by atoms with E-state index in [2.05, 4.69) is 34.6 Å². The highest BCUT2D eigenvalue weighted by molar-refractivity contribution is 9.09. The zero-order valence-corrected chi connectivity index (χ0v) is 11.2. The van der Waals surface area contributed by atoms with Crippen LogP contribution in [0.2, 0.25) is 0 Å². The second kappa shape index (κ2) is 4.75. The maximum Gasteiger partial charge on any atom is 0.0666 e. The van der Waals surface area contributed by atoms with Crippen molar-refractivity contribution in [2.75, 3.05) is 17.7 Å². The monoisotopic (exact) mass is 278 g/mol. The van der Waals surface area contributed by atoms with Crippen molar-refractivity contribution in [2.45, 2.75) is 44.0 Å². The van der Waals surface area contributed by atoms with Crippen molar-refractivity contribution in [1.82, 2.24) is 0 Å². The number of hydrogen-bond acceptors (Lipinski definition) is 2. The number of rotatable bonds is 4. The van der Waals surface area contributed by atoms with Gasteiger partial charge >= 0.3 is 0 Å². The maximum atomic E-state index is 5.58. The Morgan fingerprint density at radius 1 is 1.50 bits per heavy atom. The molecule has 82 valence electrons. The minimum atomic E-state index is 0.479. The quantitative estimate of drug-likeness (QED) is 0.729. The number of thioether (sulfide) groups is 1. The van der Waals surface area contributed by atoms with Crippen LogP contribution in [0, 0.1) is 5.41 Å². The van der Waals surface area contributed by atoms with E-state index in [1.54, 1.807) is 0 Å². The van der Waals surface area contributed by atoms with Crippen LogP contribution >= 0.6 is 27.7 Å². The highest BCUT2D eigenvalue weighted by Crippen LogP contribution is 2.46. The first-order valence-corrected chi connectivity index (χ1v) is 7.72. The molecule has 0 aromatic rings. The van der Waals surface area contributed by atoms with Gasteiger partial charge in [0.05, 0.1) is 6.10 Å². The first kappa shape index (κ1) is 11.3. The van der Waals surface area contributed by atoms with Crippen LogP contribution in [0.25, 0.3) is 0 Å². The summed E-state index contributed by atoms with van der Waals surface area (Å²) in [5.74, 6) is 1.33.